The minimum absolute atomic E-state index is 0.359. The van der Waals surface area contributed by atoms with E-state index in [9.17, 15) is 0 Å². The quantitative estimate of drug-likeness (QED) is 0.834. The third kappa shape index (κ3) is 3.33. The maximum atomic E-state index is 5.29. The second-order valence-electron chi connectivity index (χ2n) is 6.20. The van der Waals surface area contributed by atoms with Gasteiger partial charge in [0.15, 0.2) is 0 Å². The molecular formula is C16H25NO. The smallest absolute Gasteiger partial charge is 0.0554 e. The molecule has 0 radical (unpaired) electrons. The first-order valence-electron chi connectivity index (χ1n) is 6.94. The summed E-state index contributed by atoms with van der Waals surface area (Å²) in [6.45, 7) is 10.8. The fraction of sp³-hybridized carbons (Fsp3) is 0.625. The van der Waals surface area contributed by atoms with Crippen molar-refractivity contribution >= 4 is 0 Å². The Bertz CT molecular complexity index is 357. The van der Waals surface area contributed by atoms with E-state index in [1.165, 1.54) is 5.56 Å². The van der Waals surface area contributed by atoms with Crippen LogP contribution in [0.5, 0.6) is 0 Å². The van der Waals surface area contributed by atoms with Crippen LogP contribution in [0, 0.1) is 11.3 Å². The Labute approximate surface area is 111 Å². The van der Waals surface area contributed by atoms with Gasteiger partial charge in [0.1, 0.15) is 0 Å². The van der Waals surface area contributed by atoms with Gasteiger partial charge in [-0.25, -0.2) is 0 Å². The lowest BCUT2D eigenvalue weighted by Gasteiger charge is -2.38. The molecule has 0 bridgehead atoms. The Morgan fingerprint density at radius 3 is 2.39 bits per heavy atom. The maximum Gasteiger partial charge on any atom is 0.0554 e. The third-order valence-corrected chi connectivity index (χ3v) is 3.85. The summed E-state index contributed by atoms with van der Waals surface area (Å²) in [5, 5.41) is 3.63. The lowest BCUT2D eigenvalue weighted by molar-refractivity contribution is -0.0991. The third-order valence-electron chi connectivity index (χ3n) is 3.85. The number of hydrogen-bond acceptors (Lipinski definition) is 2. The van der Waals surface area contributed by atoms with Crippen LogP contribution in [-0.2, 0) is 4.74 Å². The minimum atomic E-state index is 0.359. The predicted molar refractivity (Wildman–Crippen MR) is 75.8 cm³/mol. The van der Waals surface area contributed by atoms with Crippen LogP contribution in [0.25, 0.3) is 0 Å². The van der Waals surface area contributed by atoms with E-state index in [0.717, 1.165) is 26.3 Å². The summed E-state index contributed by atoms with van der Waals surface area (Å²) < 4.78 is 5.29. The summed E-state index contributed by atoms with van der Waals surface area (Å²) in [5.74, 6) is 1.25. The lowest BCUT2D eigenvalue weighted by Crippen LogP contribution is -2.48. The molecule has 2 rings (SSSR count). The Hall–Kier alpha value is -0.860. The zero-order valence-electron chi connectivity index (χ0n) is 11.8. The van der Waals surface area contributed by atoms with Crippen molar-refractivity contribution in [3.8, 4) is 0 Å². The Balaban J connectivity index is 1.87. The number of benzene rings is 1. The van der Waals surface area contributed by atoms with E-state index in [2.05, 4.69) is 56.4 Å². The maximum absolute atomic E-state index is 5.29. The highest BCUT2D eigenvalue weighted by molar-refractivity contribution is 5.20. The van der Waals surface area contributed by atoms with Gasteiger partial charge >= 0.3 is 0 Å². The van der Waals surface area contributed by atoms with Crippen molar-refractivity contribution in [2.24, 2.45) is 11.3 Å². The molecule has 1 heterocycles. The fourth-order valence-electron chi connectivity index (χ4n) is 2.52. The number of ether oxygens (including phenoxy) is 1. The second-order valence-corrected chi connectivity index (χ2v) is 6.20. The van der Waals surface area contributed by atoms with Gasteiger partial charge in [0.2, 0.25) is 0 Å². The molecule has 1 aromatic carbocycles. The highest BCUT2D eigenvalue weighted by Crippen LogP contribution is 2.27. The molecule has 1 N–H and O–H groups in total. The van der Waals surface area contributed by atoms with Crippen LogP contribution >= 0.6 is 0 Å². The van der Waals surface area contributed by atoms with Gasteiger partial charge in [-0.1, -0.05) is 51.1 Å². The molecule has 0 saturated carbocycles. The molecule has 0 spiro atoms. The minimum Gasteiger partial charge on any atom is -0.380 e. The van der Waals surface area contributed by atoms with Gasteiger partial charge in [-0.3, -0.25) is 0 Å². The van der Waals surface area contributed by atoms with E-state index in [1.54, 1.807) is 0 Å². The van der Waals surface area contributed by atoms with E-state index >= 15 is 0 Å². The highest BCUT2D eigenvalue weighted by atomic mass is 16.5. The van der Waals surface area contributed by atoms with Crippen molar-refractivity contribution in [2.75, 3.05) is 26.3 Å². The number of rotatable bonds is 6. The van der Waals surface area contributed by atoms with E-state index in [0.29, 0.717) is 17.3 Å². The Kier molecular flexibility index (Phi) is 4.41. The Morgan fingerprint density at radius 1 is 1.22 bits per heavy atom. The molecule has 18 heavy (non-hydrogen) atoms. The molecule has 1 atom stereocenters. The second kappa shape index (κ2) is 5.85. The molecule has 0 aliphatic carbocycles. The van der Waals surface area contributed by atoms with Gasteiger partial charge < -0.3 is 10.1 Å². The lowest BCUT2D eigenvalue weighted by atomic mass is 9.86. The van der Waals surface area contributed by atoms with Crippen LogP contribution in [0.3, 0.4) is 0 Å². The van der Waals surface area contributed by atoms with Crippen LogP contribution in [0.4, 0.5) is 0 Å². The summed E-state index contributed by atoms with van der Waals surface area (Å²) in [6.07, 6.45) is 0. The van der Waals surface area contributed by atoms with Gasteiger partial charge in [0, 0.05) is 18.5 Å². The first kappa shape index (κ1) is 13.6. The summed E-state index contributed by atoms with van der Waals surface area (Å²) in [7, 11) is 0. The molecule has 100 valence electrons. The molecule has 1 aromatic rings. The van der Waals surface area contributed by atoms with Crippen molar-refractivity contribution in [1.82, 2.24) is 5.32 Å². The predicted octanol–water partition coefficient (Wildman–Crippen LogP) is 3.05. The fourth-order valence-corrected chi connectivity index (χ4v) is 2.52. The van der Waals surface area contributed by atoms with E-state index in [-0.39, 0.29) is 0 Å². The van der Waals surface area contributed by atoms with Crippen LogP contribution in [-0.4, -0.2) is 26.3 Å². The topological polar surface area (TPSA) is 21.3 Å². The Morgan fingerprint density at radius 2 is 1.89 bits per heavy atom. The van der Waals surface area contributed by atoms with Crippen molar-refractivity contribution in [3.05, 3.63) is 35.9 Å². The molecule has 1 fully saturated rings. The van der Waals surface area contributed by atoms with E-state index < -0.39 is 0 Å². The molecular weight excluding hydrogens is 222 g/mol. The summed E-state index contributed by atoms with van der Waals surface area (Å²) in [4.78, 5) is 0. The molecule has 1 saturated heterocycles. The molecule has 2 nitrogen and oxygen atoms in total. The van der Waals surface area contributed by atoms with Crippen LogP contribution < -0.4 is 5.32 Å². The van der Waals surface area contributed by atoms with Gasteiger partial charge in [-0.15, -0.1) is 0 Å². The normalized spacial score (nSPS) is 19.6. The number of hydrogen-bond donors (Lipinski definition) is 1. The first-order chi connectivity index (χ1) is 8.61. The van der Waals surface area contributed by atoms with Crippen LogP contribution in [0.1, 0.15) is 32.3 Å². The SMILES string of the molecule is CC(C)C(CNCC1(C)COC1)c1ccccc1. The molecule has 2 heteroatoms. The zero-order valence-corrected chi connectivity index (χ0v) is 11.8. The van der Waals surface area contributed by atoms with Gasteiger partial charge in [0.05, 0.1) is 13.2 Å². The van der Waals surface area contributed by atoms with E-state index in [1.807, 2.05) is 0 Å². The molecule has 0 aromatic heterocycles. The molecule has 1 aliphatic heterocycles. The van der Waals surface area contributed by atoms with E-state index in [4.69, 9.17) is 4.74 Å². The zero-order chi connectivity index (χ0) is 13.0. The number of nitrogens with one attached hydrogen (secondary N) is 1. The van der Waals surface area contributed by atoms with Crippen molar-refractivity contribution in [2.45, 2.75) is 26.7 Å². The first-order valence-corrected chi connectivity index (χ1v) is 6.94. The average Bonchev–Trinajstić information content (AvgIpc) is 2.33. The van der Waals surface area contributed by atoms with Crippen LogP contribution in [0.2, 0.25) is 0 Å². The largest absolute Gasteiger partial charge is 0.380 e. The summed E-state index contributed by atoms with van der Waals surface area (Å²) in [5.41, 5.74) is 1.80. The summed E-state index contributed by atoms with van der Waals surface area (Å²) >= 11 is 0. The van der Waals surface area contributed by atoms with Crippen LogP contribution in [0.15, 0.2) is 30.3 Å². The summed E-state index contributed by atoms with van der Waals surface area (Å²) in [6, 6.07) is 10.8. The van der Waals surface area contributed by atoms with Crippen molar-refractivity contribution < 1.29 is 4.74 Å². The van der Waals surface area contributed by atoms with Gasteiger partial charge in [0.25, 0.3) is 0 Å². The monoisotopic (exact) mass is 247 g/mol. The van der Waals surface area contributed by atoms with Gasteiger partial charge in [-0.2, -0.15) is 0 Å². The molecule has 0 amide bonds. The highest BCUT2D eigenvalue weighted by Gasteiger charge is 2.33. The average molecular weight is 247 g/mol. The standard InChI is InChI=1S/C16H25NO/c1-13(2)15(14-7-5-4-6-8-14)9-17-10-16(3)11-18-12-16/h4-8,13,15,17H,9-12H2,1-3H3. The van der Waals surface area contributed by atoms with Crippen molar-refractivity contribution in [1.29, 1.82) is 0 Å². The molecule has 1 unspecified atom stereocenters. The van der Waals surface area contributed by atoms with Gasteiger partial charge in [-0.05, 0) is 17.4 Å². The molecule has 1 aliphatic rings. The van der Waals surface area contributed by atoms with Crippen molar-refractivity contribution in [3.63, 3.8) is 0 Å².